The van der Waals surface area contributed by atoms with E-state index in [4.69, 9.17) is 4.52 Å². The van der Waals surface area contributed by atoms with Gasteiger partial charge in [0.25, 0.3) is 5.91 Å². The summed E-state index contributed by atoms with van der Waals surface area (Å²) in [6.07, 6.45) is 3.41. The van der Waals surface area contributed by atoms with Crippen molar-refractivity contribution in [2.45, 2.75) is 46.0 Å². The number of carbonyl (C=O) groups excluding carboxylic acids is 2. The van der Waals surface area contributed by atoms with Crippen molar-refractivity contribution < 1.29 is 14.1 Å². The zero-order chi connectivity index (χ0) is 20.5. The van der Waals surface area contributed by atoms with Crippen LogP contribution in [-0.2, 0) is 4.79 Å². The summed E-state index contributed by atoms with van der Waals surface area (Å²) < 4.78 is 5.40. The summed E-state index contributed by atoms with van der Waals surface area (Å²) in [6, 6.07) is 7.10. The maximum absolute atomic E-state index is 12.7. The Bertz CT molecular complexity index is 1080. The number of aryl methyl sites for hydroxylation is 2. The van der Waals surface area contributed by atoms with E-state index in [9.17, 15) is 9.59 Å². The maximum atomic E-state index is 12.7. The largest absolute Gasteiger partial charge is 0.339 e. The van der Waals surface area contributed by atoms with Crippen molar-refractivity contribution in [1.82, 2.24) is 10.1 Å². The molecule has 0 spiro atoms. The molecular weight excluding hydrogens is 388 g/mol. The van der Waals surface area contributed by atoms with E-state index >= 15 is 0 Å². The number of hydrogen-bond donors (Lipinski definition) is 2. The van der Waals surface area contributed by atoms with E-state index in [0.717, 1.165) is 28.2 Å². The minimum Gasteiger partial charge on any atom is -0.339 e. The standard InChI is InChI=1S/C21H22N4O3S/c1-11-7-8-15(9-16(11)22-13(3)26)20(27)23-17-10-18(29-12(17)2)19-24-21(28-25-19)14-5-4-6-14/h7-10,14H,4-6H2,1-3H3,(H,22,26)(H,23,27). The lowest BCUT2D eigenvalue weighted by Gasteiger charge is -2.20. The SMILES string of the molecule is CC(=O)Nc1cc(C(=O)Nc2cc(-c3noc(C4CCC4)n3)sc2C)ccc1C. The highest BCUT2D eigenvalue weighted by molar-refractivity contribution is 7.16. The first-order valence-electron chi connectivity index (χ1n) is 9.54. The zero-order valence-electron chi connectivity index (χ0n) is 16.5. The van der Waals surface area contributed by atoms with E-state index in [0.29, 0.717) is 34.6 Å². The van der Waals surface area contributed by atoms with Crippen LogP contribution >= 0.6 is 11.3 Å². The molecule has 2 aromatic heterocycles. The van der Waals surface area contributed by atoms with E-state index < -0.39 is 0 Å². The first kappa shape index (κ1) is 19.3. The van der Waals surface area contributed by atoms with Crippen LogP contribution < -0.4 is 10.6 Å². The third kappa shape index (κ3) is 4.07. The van der Waals surface area contributed by atoms with Crippen molar-refractivity contribution in [1.29, 1.82) is 0 Å². The third-order valence-corrected chi connectivity index (χ3v) is 6.14. The highest BCUT2D eigenvalue weighted by atomic mass is 32.1. The molecule has 0 saturated heterocycles. The van der Waals surface area contributed by atoms with E-state index in [1.807, 2.05) is 26.0 Å². The first-order chi connectivity index (χ1) is 13.9. The van der Waals surface area contributed by atoms with Crippen molar-refractivity contribution >= 4 is 34.5 Å². The fourth-order valence-corrected chi connectivity index (χ4v) is 4.06. The molecule has 2 heterocycles. The molecule has 4 rings (SSSR count). The zero-order valence-corrected chi connectivity index (χ0v) is 17.4. The highest BCUT2D eigenvalue weighted by Gasteiger charge is 2.26. The fourth-order valence-electron chi connectivity index (χ4n) is 3.15. The van der Waals surface area contributed by atoms with Gasteiger partial charge in [0.15, 0.2) is 0 Å². The molecule has 7 nitrogen and oxygen atoms in total. The summed E-state index contributed by atoms with van der Waals surface area (Å²) in [5, 5.41) is 9.79. The molecule has 1 saturated carbocycles. The van der Waals surface area contributed by atoms with Crippen LogP contribution in [0, 0.1) is 13.8 Å². The number of hydrogen-bond acceptors (Lipinski definition) is 6. The van der Waals surface area contributed by atoms with Crippen molar-refractivity contribution in [3.05, 3.63) is 46.2 Å². The summed E-state index contributed by atoms with van der Waals surface area (Å²) in [6.45, 7) is 5.26. The van der Waals surface area contributed by atoms with Gasteiger partial charge in [0.2, 0.25) is 17.6 Å². The van der Waals surface area contributed by atoms with Crippen molar-refractivity contribution in [2.24, 2.45) is 0 Å². The molecule has 1 aromatic carbocycles. The van der Waals surface area contributed by atoms with Gasteiger partial charge in [-0.3, -0.25) is 9.59 Å². The van der Waals surface area contributed by atoms with Gasteiger partial charge in [-0.05, 0) is 50.5 Å². The predicted octanol–water partition coefficient (Wildman–Crippen LogP) is 4.89. The van der Waals surface area contributed by atoms with Gasteiger partial charge in [0.05, 0.1) is 10.6 Å². The van der Waals surface area contributed by atoms with Gasteiger partial charge in [-0.15, -0.1) is 11.3 Å². The molecule has 1 fully saturated rings. The first-order valence-corrected chi connectivity index (χ1v) is 10.4. The maximum Gasteiger partial charge on any atom is 0.255 e. The molecule has 2 amide bonds. The molecule has 3 aromatic rings. The van der Waals surface area contributed by atoms with Crippen LogP contribution in [0.4, 0.5) is 11.4 Å². The highest BCUT2D eigenvalue weighted by Crippen LogP contribution is 2.38. The van der Waals surface area contributed by atoms with Gasteiger partial charge in [0, 0.05) is 29.0 Å². The number of carbonyl (C=O) groups is 2. The monoisotopic (exact) mass is 410 g/mol. The molecule has 0 unspecified atom stereocenters. The van der Waals surface area contributed by atoms with Gasteiger partial charge < -0.3 is 15.2 Å². The van der Waals surface area contributed by atoms with Crippen LogP contribution in [0.1, 0.15) is 58.8 Å². The topological polar surface area (TPSA) is 97.1 Å². The Balaban J connectivity index is 1.52. The lowest BCUT2D eigenvalue weighted by Crippen LogP contribution is -2.14. The lowest BCUT2D eigenvalue weighted by molar-refractivity contribution is -0.114. The molecular formula is C21H22N4O3S. The molecule has 0 atom stereocenters. The molecule has 150 valence electrons. The summed E-state index contributed by atoms with van der Waals surface area (Å²) in [5.74, 6) is 1.23. The molecule has 1 aliphatic rings. The molecule has 2 N–H and O–H groups in total. The Morgan fingerprint density at radius 1 is 1.14 bits per heavy atom. The van der Waals surface area contributed by atoms with Gasteiger partial charge in [-0.1, -0.05) is 17.6 Å². The van der Waals surface area contributed by atoms with Gasteiger partial charge in [-0.25, -0.2) is 0 Å². The second kappa shape index (κ2) is 7.79. The third-order valence-electron chi connectivity index (χ3n) is 5.09. The van der Waals surface area contributed by atoms with E-state index in [-0.39, 0.29) is 11.8 Å². The molecule has 0 bridgehead atoms. The average molecular weight is 410 g/mol. The number of rotatable bonds is 5. The molecule has 1 aliphatic carbocycles. The minimum atomic E-state index is -0.243. The number of amides is 2. The smallest absolute Gasteiger partial charge is 0.255 e. The fraction of sp³-hybridized carbons (Fsp3) is 0.333. The number of nitrogens with zero attached hydrogens (tertiary/aromatic N) is 2. The Hall–Kier alpha value is -3.00. The van der Waals surface area contributed by atoms with Crippen LogP contribution in [0.2, 0.25) is 0 Å². The number of aromatic nitrogens is 2. The molecule has 0 aliphatic heterocycles. The Labute approximate surface area is 172 Å². The quantitative estimate of drug-likeness (QED) is 0.624. The average Bonchev–Trinajstić information content (AvgIpc) is 3.22. The molecule has 29 heavy (non-hydrogen) atoms. The van der Waals surface area contributed by atoms with E-state index in [1.54, 1.807) is 12.1 Å². The second-order valence-corrected chi connectivity index (χ2v) is 8.59. The summed E-state index contributed by atoms with van der Waals surface area (Å²) in [4.78, 5) is 30.4. The van der Waals surface area contributed by atoms with E-state index in [1.165, 1.54) is 24.7 Å². The van der Waals surface area contributed by atoms with Crippen LogP contribution in [-0.4, -0.2) is 22.0 Å². The molecule has 8 heteroatoms. The van der Waals surface area contributed by atoms with Crippen LogP contribution in [0.15, 0.2) is 28.8 Å². The number of anilines is 2. The van der Waals surface area contributed by atoms with Crippen LogP contribution in [0.25, 0.3) is 10.7 Å². The van der Waals surface area contributed by atoms with E-state index in [2.05, 4.69) is 20.8 Å². The van der Waals surface area contributed by atoms with Crippen LogP contribution in [0.3, 0.4) is 0 Å². The summed E-state index contributed by atoms with van der Waals surface area (Å²) in [7, 11) is 0. The second-order valence-electron chi connectivity index (χ2n) is 7.33. The minimum absolute atomic E-state index is 0.176. The predicted molar refractivity (Wildman–Crippen MR) is 112 cm³/mol. The number of benzene rings is 1. The van der Waals surface area contributed by atoms with Crippen molar-refractivity contribution in [2.75, 3.05) is 10.6 Å². The Kier molecular flexibility index (Phi) is 5.19. The Morgan fingerprint density at radius 3 is 2.62 bits per heavy atom. The number of thiophene rings is 1. The Morgan fingerprint density at radius 2 is 1.93 bits per heavy atom. The van der Waals surface area contributed by atoms with Crippen LogP contribution in [0.5, 0.6) is 0 Å². The summed E-state index contributed by atoms with van der Waals surface area (Å²) in [5.41, 5.74) is 2.71. The lowest BCUT2D eigenvalue weighted by atomic mass is 9.85. The van der Waals surface area contributed by atoms with Gasteiger partial charge in [0.1, 0.15) is 0 Å². The van der Waals surface area contributed by atoms with Gasteiger partial charge in [-0.2, -0.15) is 4.98 Å². The number of nitrogens with one attached hydrogen (secondary N) is 2. The molecule has 0 radical (unpaired) electrons. The van der Waals surface area contributed by atoms with Crippen molar-refractivity contribution in [3.63, 3.8) is 0 Å². The van der Waals surface area contributed by atoms with Crippen molar-refractivity contribution in [3.8, 4) is 10.7 Å². The van der Waals surface area contributed by atoms with Gasteiger partial charge >= 0.3 is 0 Å². The summed E-state index contributed by atoms with van der Waals surface area (Å²) >= 11 is 1.51. The normalized spacial score (nSPS) is 13.8.